The Kier molecular flexibility index (Phi) is 3.55. The molecule has 2 aromatic rings. The minimum absolute atomic E-state index is 0.0520. The van der Waals surface area contributed by atoms with Gasteiger partial charge in [0.1, 0.15) is 5.58 Å². The number of carbonyl (C=O) groups is 2. The summed E-state index contributed by atoms with van der Waals surface area (Å²) in [5, 5.41) is 12.3. The largest absolute Gasteiger partial charge is 0.475 e. The van der Waals surface area contributed by atoms with Crippen molar-refractivity contribution in [2.45, 2.75) is 20.3 Å². The summed E-state index contributed by atoms with van der Waals surface area (Å²) in [7, 11) is 0. The Morgan fingerprint density at radius 3 is 2.74 bits per heavy atom. The van der Waals surface area contributed by atoms with Crippen LogP contribution in [-0.4, -0.2) is 17.0 Å². The minimum atomic E-state index is -1.11. The maximum absolute atomic E-state index is 11.8. The number of nitrogens with one attached hydrogen (secondary N) is 1. The van der Waals surface area contributed by atoms with Crippen molar-refractivity contribution in [2.24, 2.45) is 5.92 Å². The lowest BCUT2D eigenvalue weighted by Crippen LogP contribution is -2.19. The molecule has 1 aromatic heterocycles. The van der Waals surface area contributed by atoms with E-state index in [0.29, 0.717) is 16.7 Å². The monoisotopic (exact) mass is 261 g/mol. The fourth-order valence-corrected chi connectivity index (χ4v) is 1.68. The van der Waals surface area contributed by atoms with E-state index in [1.807, 2.05) is 13.8 Å². The first-order chi connectivity index (χ1) is 9.01. The Labute approximate surface area is 110 Å². The van der Waals surface area contributed by atoms with E-state index in [1.54, 1.807) is 18.2 Å². The summed E-state index contributed by atoms with van der Waals surface area (Å²) in [5.41, 5.74) is 1.12. The summed E-state index contributed by atoms with van der Waals surface area (Å²) in [5.74, 6) is -1.33. The second-order valence-electron chi connectivity index (χ2n) is 4.47. The summed E-state index contributed by atoms with van der Waals surface area (Å²) in [6, 6.07) is 6.48. The summed E-state index contributed by atoms with van der Waals surface area (Å²) in [6.07, 6.45) is 0.767. The first-order valence-electron chi connectivity index (χ1n) is 6.09. The van der Waals surface area contributed by atoms with E-state index in [4.69, 9.17) is 9.52 Å². The number of rotatable bonds is 4. The number of furan rings is 1. The number of hydrogen-bond acceptors (Lipinski definition) is 3. The maximum Gasteiger partial charge on any atom is 0.371 e. The number of carboxylic acids is 1. The molecule has 5 nitrogen and oxygen atoms in total. The van der Waals surface area contributed by atoms with E-state index in [-0.39, 0.29) is 17.6 Å². The molecule has 0 aliphatic rings. The molecular weight excluding hydrogens is 246 g/mol. The van der Waals surface area contributed by atoms with Crippen LogP contribution < -0.4 is 5.32 Å². The third-order valence-corrected chi connectivity index (χ3v) is 3.05. The van der Waals surface area contributed by atoms with Crippen LogP contribution in [0.3, 0.4) is 0 Å². The summed E-state index contributed by atoms with van der Waals surface area (Å²) in [6.45, 7) is 3.80. The molecule has 0 saturated heterocycles. The zero-order valence-electron chi connectivity index (χ0n) is 10.8. The number of carbonyl (C=O) groups excluding carboxylic acids is 1. The van der Waals surface area contributed by atoms with Gasteiger partial charge in [0.2, 0.25) is 11.7 Å². The lowest BCUT2D eigenvalue weighted by molar-refractivity contribution is -0.119. The van der Waals surface area contributed by atoms with Crippen LogP contribution in [0.5, 0.6) is 0 Å². The SMILES string of the molecule is CCC(C)C(=O)Nc1ccc2oc(C(=O)O)cc2c1. The summed E-state index contributed by atoms with van der Waals surface area (Å²) >= 11 is 0. The summed E-state index contributed by atoms with van der Waals surface area (Å²) < 4.78 is 5.15. The van der Waals surface area contributed by atoms with Gasteiger partial charge >= 0.3 is 5.97 Å². The Morgan fingerprint density at radius 1 is 1.37 bits per heavy atom. The Balaban J connectivity index is 2.26. The molecule has 1 aromatic carbocycles. The number of aromatic carboxylic acids is 1. The first kappa shape index (κ1) is 13.1. The predicted molar refractivity (Wildman–Crippen MR) is 71.3 cm³/mol. The van der Waals surface area contributed by atoms with Gasteiger partial charge in [-0.05, 0) is 30.7 Å². The fraction of sp³-hybridized carbons (Fsp3) is 0.286. The molecule has 0 saturated carbocycles. The number of benzene rings is 1. The number of anilines is 1. The molecule has 0 radical (unpaired) electrons. The van der Waals surface area contributed by atoms with Crippen LogP contribution in [-0.2, 0) is 4.79 Å². The highest BCUT2D eigenvalue weighted by atomic mass is 16.4. The molecule has 1 amide bonds. The lowest BCUT2D eigenvalue weighted by atomic mass is 10.1. The molecule has 0 spiro atoms. The van der Waals surface area contributed by atoms with Crippen molar-refractivity contribution in [3.63, 3.8) is 0 Å². The number of carboxylic acid groups (broad SMARTS) is 1. The normalized spacial score (nSPS) is 12.3. The van der Waals surface area contributed by atoms with Crippen LogP contribution in [0.4, 0.5) is 5.69 Å². The molecule has 100 valence electrons. The molecule has 5 heteroatoms. The standard InChI is InChI=1S/C14H15NO4/c1-3-8(2)13(16)15-10-4-5-11-9(6-10)7-12(19-11)14(17)18/h4-8H,3H2,1-2H3,(H,15,16)(H,17,18). The van der Waals surface area contributed by atoms with Crippen LogP contribution >= 0.6 is 0 Å². The van der Waals surface area contributed by atoms with Crippen LogP contribution in [0.1, 0.15) is 30.8 Å². The molecule has 0 bridgehead atoms. The molecular formula is C14H15NO4. The van der Waals surface area contributed by atoms with Crippen LogP contribution in [0.25, 0.3) is 11.0 Å². The molecule has 1 unspecified atom stereocenters. The number of hydrogen-bond donors (Lipinski definition) is 2. The third kappa shape index (κ3) is 2.76. The molecule has 19 heavy (non-hydrogen) atoms. The average Bonchev–Trinajstić information content (AvgIpc) is 2.81. The zero-order valence-corrected chi connectivity index (χ0v) is 10.8. The van der Waals surface area contributed by atoms with Gasteiger partial charge in [-0.2, -0.15) is 0 Å². The van der Waals surface area contributed by atoms with Crippen molar-refractivity contribution in [1.82, 2.24) is 0 Å². The number of amides is 1. The fourth-order valence-electron chi connectivity index (χ4n) is 1.68. The summed E-state index contributed by atoms with van der Waals surface area (Å²) in [4.78, 5) is 22.6. The third-order valence-electron chi connectivity index (χ3n) is 3.05. The average molecular weight is 261 g/mol. The molecule has 0 aliphatic carbocycles. The quantitative estimate of drug-likeness (QED) is 0.886. The highest BCUT2D eigenvalue weighted by molar-refractivity contribution is 5.96. The first-order valence-corrected chi connectivity index (χ1v) is 6.09. The Morgan fingerprint density at radius 2 is 2.11 bits per heavy atom. The number of fused-ring (bicyclic) bond motifs is 1. The van der Waals surface area contributed by atoms with Crippen LogP contribution in [0, 0.1) is 5.92 Å². The van der Waals surface area contributed by atoms with Gasteiger partial charge in [-0.25, -0.2) is 4.79 Å². The Hall–Kier alpha value is -2.30. The van der Waals surface area contributed by atoms with Crippen molar-refractivity contribution in [3.05, 3.63) is 30.0 Å². The van der Waals surface area contributed by atoms with Crippen molar-refractivity contribution < 1.29 is 19.1 Å². The molecule has 2 rings (SSSR count). The highest BCUT2D eigenvalue weighted by Crippen LogP contribution is 2.23. The van der Waals surface area contributed by atoms with Gasteiger partial charge in [0, 0.05) is 17.0 Å². The molecule has 1 heterocycles. The van der Waals surface area contributed by atoms with Crippen LogP contribution in [0.2, 0.25) is 0 Å². The molecule has 1 atom stereocenters. The molecule has 2 N–H and O–H groups in total. The topological polar surface area (TPSA) is 79.5 Å². The van der Waals surface area contributed by atoms with Crippen molar-refractivity contribution in [1.29, 1.82) is 0 Å². The minimum Gasteiger partial charge on any atom is -0.475 e. The smallest absolute Gasteiger partial charge is 0.371 e. The van der Waals surface area contributed by atoms with Gasteiger partial charge in [-0.3, -0.25) is 4.79 Å². The van der Waals surface area contributed by atoms with E-state index < -0.39 is 5.97 Å². The van der Waals surface area contributed by atoms with Gasteiger partial charge in [0.05, 0.1) is 0 Å². The molecule has 0 aliphatic heterocycles. The van der Waals surface area contributed by atoms with Gasteiger partial charge in [-0.15, -0.1) is 0 Å². The lowest BCUT2D eigenvalue weighted by Gasteiger charge is -2.09. The van der Waals surface area contributed by atoms with Crippen molar-refractivity contribution in [3.8, 4) is 0 Å². The second-order valence-corrected chi connectivity index (χ2v) is 4.47. The second kappa shape index (κ2) is 5.14. The van der Waals surface area contributed by atoms with Gasteiger partial charge in [-0.1, -0.05) is 13.8 Å². The van der Waals surface area contributed by atoms with Crippen molar-refractivity contribution in [2.75, 3.05) is 5.32 Å². The van der Waals surface area contributed by atoms with E-state index in [1.165, 1.54) is 6.07 Å². The zero-order chi connectivity index (χ0) is 14.0. The van der Waals surface area contributed by atoms with Crippen molar-refractivity contribution >= 4 is 28.5 Å². The van der Waals surface area contributed by atoms with E-state index in [0.717, 1.165) is 6.42 Å². The van der Waals surface area contributed by atoms with E-state index in [9.17, 15) is 9.59 Å². The van der Waals surface area contributed by atoms with Gasteiger partial charge in [0.25, 0.3) is 0 Å². The Bertz CT molecular complexity index is 629. The van der Waals surface area contributed by atoms with Crippen LogP contribution in [0.15, 0.2) is 28.7 Å². The predicted octanol–water partition coefficient (Wildman–Crippen LogP) is 3.12. The maximum atomic E-state index is 11.8. The van der Waals surface area contributed by atoms with E-state index in [2.05, 4.69) is 5.32 Å². The highest BCUT2D eigenvalue weighted by Gasteiger charge is 2.13. The molecule has 0 fully saturated rings. The van der Waals surface area contributed by atoms with Gasteiger partial charge < -0.3 is 14.8 Å². The van der Waals surface area contributed by atoms with E-state index >= 15 is 0 Å². The van der Waals surface area contributed by atoms with Gasteiger partial charge in [0.15, 0.2) is 0 Å².